The topological polar surface area (TPSA) is 54.5 Å². The number of likely N-dealkylation sites (tertiary alicyclic amines) is 1. The molecule has 0 bridgehead atoms. The summed E-state index contributed by atoms with van der Waals surface area (Å²) in [6.45, 7) is 4.70. The number of aryl methyl sites for hydroxylation is 1. The minimum absolute atomic E-state index is 0.00761. The van der Waals surface area contributed by atoms with Gasteiger partial charge in [-0.25, -0.2) is 0 Å². The van der Waals surface area contributed by atoms with Gasteiger partial charge in [-0.1, -0.05) is 6.07 Å². The zero-order chi connectivity index (χ0) is 12.5. The molecule has 0 saturated carbocycles. The van der Waals surface area contributed by atoms with Crippen molar-refractivity contribution in [1.82, 2.24) is 15.2 Å². The molecule has 1 amide bonds. The maximum Gasteiger partial charge on any atom is 0.246 e. The molecule has 1 aromatic heterocycles. The van der Waals surface area contributed by atoms with Crippen molar-refractivity contribution in [2.45, 2.75) is 25.6 Å². The van der Waals surface area contributed by atoms with E-state index in [1.165, 1.54) is 0 Å². The number of pyridine rings is 1. The van der Waals surface area contributed by atoms with Crippen molar-refractivity contribution in [1.29, 1.82) is 0 Å². The highest BCUT2D eigenvalue weighted by molar-refractivity contribution is 5.78. The van der Waals surface area contributed by atoms with Crippen molar-refractivity contribution in [3.8, 4) is 0 Å². The molecule has 3 rings (SSSR count). The standard InChI is InChI=1S/C13H17N3O2/c1-9-3-2-4-10(14-9)5-16-6-11-12(7-16)18-8-13(17)15-11/h2-4,11-12H,5-8H2,1H3,(H,15,17)/t11-,12-/m1/s1. The van der Waals surface area contributed by atoms with Crippen LogP contribution in [0.1, 0.15) is 11.4 Å². The average Bonchev–Trinajstić information content (AvgIpc) is 2.70. The molecule has 18 heavy (non-hydrogen) atoms. The molecule has 0 unspecified atom stereocenters. The van der Waals surface area contributed by atoms with E-state index in [4.69, 9.17) is 4.74 Å². The molecule has 5 heteroatoms. The van der Waals surface area contributed by atoms with E-state index in [2.05, 4.69) is 15.2 Å². The van der Waals surface area contributed by atoms with Crippen LogP contribution in [0.3, 0.4) is 0 Å². The molecular weight excluding hydrogens is 230 g/mol. The Morgan fingerprint density at radius 1 is 1.50 bits per heavy atom. The lowest BCUT2D eigenvalue weighted by Crippen LogP contribution is -2.50. The van der Waals surface area contributed by atoms with Crippen LogP contribution < -0.4 is 5.32 Å². The van der Waals surface area contributed by atoms with E-state index in [0.717, 1.165) is 31.0 Å². The second-order valence-corrected chi connectivity index (χ2v) is 4.99. The van der Waals surface area contributed by atoms with Crippen LogP contribution in [0.25, 0.3) is 0 Å². The number of fused-ring (bicyclic) bond motifs is 1. The highest BCUT2D eigenvalue weighted by Crippen LogP contribution is 2.18. The molecule has 0 radical (unpaired) electrons. The number of carbonyl (C=O) groups is 1. The number of morpholine rings is 1. The molecule has 2 atom stereocenters. The molecule has 5 nitrogen and oxygen atoms in total. The van der Waals surface area contributed by atoms with Gasteiger partial charge in [0.2, 0.25) is 5.91 Å². The third-order valence-electron chi connectivity index (χ3n) is 3.45. The minimum Gasteiger partial charge on any atom is -0.365 e. The molecule has 2 aliphatic heterocycles. The predicted molar refractivity (Wildman–Crippen MR) is 65.9 cm³/mol. The summed E-state index contributed by atoms with van der Waals surface area (Å²) >= 11 is 0. The van der Waals surface area contributed by atoms with Gasteiger partial charge in [0, 0.05) is 25.3 Å². The lowest BCUT2D eigenvalue weighted by Gasteiger charge is -2.25. The second-order valence-electron chi connectivity index (χ2n) is 4.99. The second kappa shape index (κ2) is 4.66. The zero-order valence-electron chi connectivity index (χ0n) is 10.4. The summed E-state index contributed by atoms with van der Waals surface area (Å²) in [4.78, 5) is 18.0. The van der Waals surface area contributed by atoms with Gasteiger partial charge >= 0.3 is 0 Å². The van der Waals surface area contributed by atoms with Gasteiger partial charge in [0.15, 0.2) is 0 Å². The maximum absolute atomic E-state index is 11.2. The van der Waals surface area contributed by atoms with Gasteiger partial charge in [0.1, 0.15) is 6.61 Å². The van der Waals surface area contributed by atoms with Crippen LogP contribution in [0, 0.1) is 6.92 Å². The summed E-state index contributed by atoms with van der Waals surface area (Å²) in [5.74, 6) is -0.00761. The van der Waals surface area contributed by atoms with Crippen LogP contribution in [0.5, 0.6) is 0 Å². The number of nitrogens with one attached hydrogen (secondary N) is 1. The fourth-order valence-electron chi connectivity index (χ4n) is 2.64. The molecule has 0 spiro atoms. The van der Waals surface area contributed by atoms with Crippen LogP contribution in [-0.4, -0.2) is 47.6 Å². The van der Waals surface area contributed by atoms with Crippen LogP contribution in [-0.2, 0) is 16.1 Å². The Bertz CT molecular complexity index is 463. The fraction of sp³-hybridized carbons (Fsp3) is 0.538. The molecule has 2 aliphatic rings. The molecule has 1 N–H and O–H groups in total. The maximum atomic E-state index is 11.2. The molecule has 3 heterocycles. The molecule has 1 aromatic rings. The van der Waals surface area contributed by atoms with Crippen LogP contribution >= 0.6 is 0 Å². The summed E-state index contributed by atoms with van der Waals surface area (Å²) in [6, 6.07) is 6.19. The van der Waals surface area contributed by atoms with Gasteiger partial charge < -0.3 is 10.1 Å². The van der Waals surface area contributed by atoms with E-state index in [1.807, 2.05) is 25.1 Å². The van der Waals surface area contributed by atoms with E-state index in [-0.39, 0.29) is 24.7 Å². The minimum atomic E-state index is -0.00761. The van der Waals surface area contributed by atoms with E-state index < -0.39 is 0 Å². The summed E-state index contributed by atoms with van der Waals surface area (Å²) in [5, 5.41) is 2.98. The van der Waals surface area contributed by atoms with Crippen molar-refractivity contribution in [2.75, 3.05) is 19.7 Å². The van der Waals surface area contributed by atoms with Crippen molar-refractivity contribution in [3.05, 3.63) is 29.6 Å². The smallest absolute Gasteiger partial charge is 0.246 e. The molecule has 2 fully saturated rings. The van der Waals surface area contributed by atoms with Crippen molar-refractivity contribution in [3.63, 3.8) is 0 Å². The Morgan fingerprint density at radius 2 is 2.39 bits per heavy atom. The Kier molecular flexibility index (Phi) is 3.01. The summed E-state index contributed by atoms with van der Waals surface area (Å²) in [6.07, 6.45) is 0.132. The Balaban J connectivity index is 1.64. The van der Waals surface area contributed by atoms with Gasteiger partial charge in [-0.05, 0) is 19.1 Å². The molecule has 96 valence electrons. The average molecular weight is 247 g/mol. The SMILES string of the molecule is Cc1cccc(CN2C[C@H]3NC(=O)CO[C@@H]3C2)n1. The largest absolute Gasteiger partial charge is 0.365 e. The van der Waals surface area contributed by atoms with E-state index in [1.54, 1.807) is 0 Å². The molecule has 0 aliphatic carbocycles. The van der Waals surface area contributed by atoms with E-state index in [9.17, 15) is 4.79 Å². The van der Waals surface area contributed by atoms with Gasteiger partial charge in [-0.2, -0.15) is 0 Å². The van der Waals surface area contributed by atoms with Crippen molar-refractivity contribution in [2.24, 2.45) is 0 Å². The lowest BCUT2D eigenvalue weighted by atomic mass is 10.2. The van der Waals surface area contributed by atoms with Gasteiger partial charge in [-0.3, -0.25) is 14.7 Å². The number of hydrogen-bond acceptors (Lipinski definition) is 4. The third kappa shape index (κ3) is 2.37. The van der Waals surface area contributed by atoms with Crippen molar-refractivity contribution >= 4 is 5.91 Å². The Labute approximate surface area is 106 Å². The first-order valence-electron chi connectivity index (χ1n) is 6.26. The summed E-state index contributed by atoms with van der Waals surface area (Å²) < 4.78 is 5.53. The molecular formula is C13H17N3O2. The highest BCUT2D eigenvalue weighted by atomic mass is 16.5. The molecule has 2 saturated heterocycles. The van der Waals surface area contributed by atoms with E-state index in [0.29, 0.717) is 0 Å². The van der Waals surface area contributed by atoms with Gasteiger partial charge in [0.25, 0.3) is 0 Å². The lowest BCUT2D eigenvalue weighted by molar-refractivity contribution is -0.134. The fourth-order valence-corrected chi connectivity index (χ4v) is 2.64. The number of rotatable bonds is 2. The first-order valence-corrected chi connectivity index (χ1v) is 6.26. The number of aromatic nitrogens is 1. The third-order valence-corrected chi connectivity index (χ3v) is 3.45. The summed E-state index contributed by atoms with van der Waals surface area (Å²) in [5.41, 5.74) is 2.11. The Morgan fingerprint density at radius 3 is 3.22 bits per heavy atom. The van der Waals surface area contributed by atoms with Gasteiger partial charge in [0.05, 0.1) is 17.8 Å². The monoisotopic (exact) mass is 247 g/mol. The van der Waals surface area contributed by atoms with Crippen LogP contribution in [0.2, 0.25) is 0 Å². The zero-order valence-corrected chi connectivity index (χ0v) is 10.4. The van der Waals surface area contributed by atoms with E-state index >= 15 is 0 Å². The first kappa shape index (κ1) is 11.6. The number of hydrogen-bond donors (Lipinski definition) is 1. The number of nitrogens with zero attached hydrogens (tertiary/aromatic N) is 2. The summed E-state index contributed by atoms with van der Waals surface area (Å²) in [7, 11) is 0. The number of ether oxygens (including phenoxy) is 1. The Hall–Kier alpha value is -1.46. The number of amides is 1. The van der Waals surface area contributed by atoms with Crippen LogP contribution in [0.4, 0.5) is 0 Å². The quantitative estimate of drug-likeness (QED) is 0.804. The normalized spacial score (nSPS) is 27.9. The molecule has 0 aromatic carbocycles. The predicted octanol–water partition coefficient (Wildman–Crippen LogP) is 0.0892. The highest BCUT2D eigenvalue weighted by Gasteiger charge is 2.37. The number of carbonyl (C=O) groups excluding carboxylic acids is 1. The van der Waals surface area contributed by atoms with Crippen molar-refractivity contribution < 1.29 is 9.53 Å². The van der Waals surface area contributed by atoms with Gasteiger partial charge in [-0.15, -0.1) is 0 Å². The first-order chi connectivity index (χ1) is 8.70. The van der Waals surface area contributed by atoms with Crippen LogP contribution in [0.15, 0.2) is 18.2 Å².